The van der Waals surface area contributed by atoms with Crippen molar-refractivity contribution in [2.24, 2.45) is 16.1 Å². The number of carbonyl (C=O) groups is 2. The number of nitroso groups, excluding NO2 is 1. The van der Waals surface area contributed by atoms with E-state index in [9.17, 15) is 14.5 Å². The summed E-state index contributed by atoms with van der Waals surface area (Å²) in [5.74, 6) is -0.335. The minimum absolute atomic E-state index is 0.0159. The summed E-state index contributed by atoms with van der Waals surface area (Å²) in [6.45, 7) is 5.30. The first kappa shape index (κ1) is 19.1. The number of nitrogens with zero attached hydrogens (tertiary/aromatic N) is 2. The lowest BCUT2D eigenvalue weighted by atomic mass is 10.1. The average Bonchev–Trinajstić information content (AvgIpc) is 2.50. The van der Waals surface area contributed by atoms with Gasteiger partial charge in [-0.3, -0.25) is 4.79 Å². The molecule has 1 aromatic carbocycles. The number of hydrogen-bond acceptors (Lipinski definition) is 5. The predicted octanol–water partition coefficient (Wildman–Crippen LogP) is 1.21. The highest BCUT2D eigenvalue weighted by Crippen LogP contribution is 2.06. The number of rotatable bonds is 6. The molecule has 1 aromatic rings. The Kier molecular flexibility index (Phi) is 6.84. The molecule has 0 aromatic heterocycles. The monoisotopic (exact) mass is 335 g/mol. The maximum Gasteiger partial charge on any atom is 0.408 e. The Bertz CT molecular complexity index is 620. The molecule has 9 heteroatoms. The second kappa shape index (κ2) is 8.61. The maximum absolute atomic E-state index is 11.7. The number of ether oxygens (including phenoxy) is 1. The van der Waals surface area contributed by atoms with Gasteiger partial charge in [-0.2, -0.15) is 0 Å². The van der Waals surface area contributed by atoms with Crippen LogP contribution < -0.4 is 16.4 Å². The fraction of sp³-hybridized carbons (Fsp3) is 0.400. The first-order valence-corrected chi connectivity index (χ1v) is 7.20. The third kappa shape index (κ3) is 7.34. The van der Waals surface area contributed by atoms with Gasteiger partial charge in [-0.1, -0.05) is 29.4 Å². The molecule has 0 atom stereocenters. The Labute approximate surface area is 139 Å². The standard InChI is InChI=1S/C15H21N5O4/c1-15(2,3)24-14(22)18-9-12(21)17-8-10-4-6-11(7-5-10)13(16)19-20-23/h4-7H,8-9H2,1-3H3,(H,17,21)(H,18,22)(H2,16,19,23). The van der Waals surface area contributed by atoms with E-state index < -0.39 is 11.7 Å². The minimum atomic E-state index is -0.652. The number of benzene rings is 1. The van der Waals surface area contributed by atoms with Gasteiger partial charge in [-0.25, -0.2) is 4.79 Å². The van der Waals surface area contributed by atoms with Crippen molar-refractivity contribution in [3.63, 3.8) is 0 Å². The summed E-state index contributed by atoms with van der Waals surface area (Å²) in [6, 6.07) is 6.77. The van der Waals surface area contributed by atoms with Crippen LogP contribution in [0.1, 0.15) is 31.9 Å². The Balaban J connectivity index is 2.41. The van der Waals surface area contributed by atoms with E-state index >= 15 is 0 Å². The van der Waals surface area contributed by atoms with Gasteiger partial charge in [0.2, 0.25) is 5.91 Å². The molecule has 2 amide bonds. The van der Waals surface area contributed by atoms with Gasteiger partial charge >= 0.3 is 6.09 Å². The van der Waals surface area contributed by atoms with Crippen LogP contribution in [-0.4, -0.2) is 30.0 Å². The molecule has 1 rings (SSSR count). The fourth-order valence-electron chi connectivity index (χ4n) is 1.62. The van der Waals surface area contributed by atoms with E-state index in [1.54, 1.807) is 45.0 Å². The summed E-state index contributed by atoms with van der Waals surface area (Å²) in [5.41, 5.74) is 6.27. The molecule has 9 nitrogen and oxygen atoms in total. The van der Waals surface area contributed by atoms with Crippen LogP contribution in [0.5, 0.6) is 0 Å². The van der Waals surface area contributed by atoms with E-state index in [1.165, 1.54) is 0 Å². The van der Waals surface area contributed by atoms with Crippen LogP contribution in [-0.2, 0) is 16.1 Å². The van der Waals surface area contributed by atoms with E-state index in [1.807, 2.05) is 0 Å². The predicted molar refractivity (Wildman–Crippen MR) is 89.0 cm³/mol. The molecule has 0 heterocycles. The lowest BCUT2D eigenvalue weighted by Gasteiger charge is -2.19. The minimum Gasteiger partial charge on any atom is -0.444 e. The summed E-state index contributed by atoms with van der Waals surface area (Å²) in [4.78, 5) is 33.1. The van der Waals surface area contributed by atoms with E-state index in [2.05, 4.69) is 21.0 Å². The third-order valence-electron chi connectivity index (χ3n) is 2.68. The molecule has 0 aliphatic carbocycles. The van der Waals surface area contributed by atoms with Crippen molar-refractivity contribution in [1.29, 1.82) is 0 Å². The van der Waals surface area contributed by atoms with Gasteiger partial charge in [-0.05, 0) is 26.3 Å². The fourth-order valence-corrected chi connectivity index (χ4v) is 1.62. The van der Waals surface area contributed by atoms with Crippen molar-refractivity contribution < 1.29 is 14.3 Å². The third-order valence-corrected chi connectivity index (χ3v) is 2.68. The van der Waals surface area contributed by atoms with Gasteiger partial charge < -0.3 is 21.1 Å². The Morgan fingerprint density at radius 1 is 1.17 bits per heavy atom. The molecule has 0 radical (unpaired) electrons. The first-order chi connectivity index (χ1) is 11.2. The number of nitrogens with two attached hydrogens (primary N) is 1. The van der Waals surface area contributed by atoms with Crippen LogP contribution in [0.2, 0.25) is 0 Å². The number of amidine groups is 1. The Morgan fingerprint density at radius 2 is 1.79 bits per heavy atom. The van der Waals surface area contributed by atoms with Gasteiger partial charge in [0.05, 0.1) is 5.29 Å². The largest absolute Gasteiger partial charge is 0.444 e. The molecule has 0 bridgehead atoms. The van der Waals surface area contributed by atoms with Gasteiger partial charge in [0.15, 0.2) is 5.84 Å². The van der Waals surface area contributed by atoms with E-state index in [4.69, 9.17) is 10.5 Å². The van der Waals surface area contributed by atoms with Crippen LogP contribution in [0.4, 0.5) is 4.79 Å². The van der Waals surface area contributed by atoms with Crippen molar-refractivity contribution in [3.05, 3.63) is 40.3 Å². The zero-order chi connectivity index (χ0) is 18.2. The van der Waals surface area contributed by atoms with E-state index in [0.717, 1.165) is 5.56 Å². The lowest BCUT2D eigenvalue weighted by Crippen LogP contribution is -2.39. The molecule has 0 spiro atoms. The van der Waals surface area contributed by atoms with Crippen molar-refractivity contribution >= 4 is 17.8 Å². The van der Waals surface area contributed by atoms with Gasteiger partial charge in [0, 0.05) is 12.1 Å². The SMILES string of the molecule is CC(C)(C)OC(=O)NCC(=O)NCc1ccc(/C(N)=N/N=O)cc1. The van der Waals surface area contributed by atoms with E-state index in [-0.39, 0.29) is 24.8 Å². The summed E-state index contributed by atoms with van der Waals surface area (Å²) in [5, 5.41) is 10.6. The number of alkyl carbamates (subject to hydrolysis) is 1. The van der Waals surface area contributed by atoms with Crippen molar-refractivity contribution in [2.75, 3.05) is 6.54 Å². The highest BCUT2D eigenvalue weighted by Gasteiger charge is 2.16. The summed E-state index contributed by atoms with van der Waals surface area (Å²) < 4.78 is 5.02. The summed E-state index contributed by atoms with van der Waals surface area (Å²) >= 11 is 0. The average molecular weight is 335 g/mol. The molecular formula is C15H21N5O4. The van der Waals surface area contributed by atoms with Gasteiger partial charge in [0.25, 0.3) is 0 Å². The second-order valence-corrected chi connectivity index (χ2v) is 5.90. The van der Waals surface area contributed by atoms with Crippen molar-refractivity contribution in [2.45, 2.75) is 32.9 Å². The number of amides is 2. The lowest BCUT2D eigenvalue weighted by molar-refractivity contribution is -0.120. The van der Waals surface area contributed by atoms with Gasteiger partial charge in [-0.15, -0.1) is 4.91 Å². The smallest absolute Gasteiger partial charge is 0.408 e. The van der Waals surface area contributed by atoms with Crippen molar-refractivity contribution in [1.82, 2.24) is 10.6 Å². The van der Waals surface area contributed by atoms with Crippen LogP contribution >= 0.6 is 0 Å². The quantitative estimate of drug-likeness (QED) is 0.311. The van der Waals surface area contributed by atoms with Crippen LogP contribution in [0.25, 0.3) is 0 Å². The van der Waals surface area contributed by atoms with Crippen LogP contribution in [0.3, 0.4) is 0 Å². The Hall–Kier alpha value is -2.97. The molecule has 0 saturated heterocycles. The van der Waals surface area contributed by atoms with Crippen LogP contribution in [0, 0.1) is 4.91 Å². The molecule has 0 saturated carbocycles. The summed E-state index contributed by atoms with van der Waals surface area (Å²) in [6.07, 6.45) is -0.652. The maximum atomic E-state index is 11.7. The molecular weight excluding hydrogens is 314 g/mol. The van der Waals surface area contributed by atoms with Crippen LogP contribution in [0.15, 0.2) is 34.7 Å². The van der Waals surface area contributed by atoms with Gasteiger partial charge in [0.1, 0.15) is 12.1 Å². The topological polar surface area (TPSA) is 135 Å². The first-order valence-electron chi connectivity index (χ1n) is 7.20. The summed E-state index contributed by atoms with van der Waals surface area (Å²) in [7, 11) is 0. The molecule has 0 unspecified atom stereocenters. The molecule has 0 aliphatic rings. The molecule has 4 N–H and O–H groups in total. The molecule has 0 fully saturated rings. The number of nitrogens with one attached hydrogen (secondary N) is 2. The zero-order valence-electron chi connectivity index (χ0n) is 13.8. The molecule has 24 heavy (non-hydrogen) atoms. The highest BCUT2D eigenvalue weighted by molar-refractivity contribution is 5.97. The molecule has 0 aliphatic heterocycles. The molecule has 130 valence electrons. The second-order valence-electron chi connectivity index (χ2n) is 5.90. The van der Waals surface area contributed by atoms with E-state index in [0.29, 0.717) is 5.56 Å². The Morgan fingerprint density at radius 3 is 2.33 bits per heavy atom. The number of carbonyl (C=O) groups excluding carboxylic acids is 2. The highest BCUT2D eigenvalue weighted by atomic mass is 16.6. The zero-order valence-corrected chi connectivity index (χ0v) is 13.8. The number of hydrogen-bond donors (Lipinski definition) is 3. The normalized spacial score (nSPS) is 11.5. The van der Waals surface area contributed by atoms with Crippen molar-refractivity contribution in [3.8, 4) is 0 Å².